The second-order valence-electron chi connectivity index (χ2n) is 8.49. The molecule has 16 nitrogen and oxygen atoms in total. The Morgan fingerprint density at radius 2 is 1.45 bits per heavy atom. The molecule has 216 valence electrons. The number of nitrogens with two attached hydrogens (primary N) is 1. The fourth-order valence-electron chi connectivity index (χ4n) is 3.61. The van der Waals surface area contributed by atoms with Crippen LogP contribution in [0.4, 0.5) is 0 Å². The fraction of sp³-hybridized carbons (Fsp3) is 0.682. The van der Waals surface area contributed by atoms with Crippen LogP contribution in [0.25, 0.3) is 0 Å². The van der Waals surface area contributed by atoms with E-state index in [1.54, 1.807) is 0 Å². The summed E-state index contributed by atoms with van der Waals surface area (Å²) in [7, 11) is 0. The molecule has 0 spiro atoms. The maximum absolute atomic E-state index is 13.1. The Morgan fingerprint density at radius 1 is 0.895 bits per heavy atom. The third kappa shape index (κ3) is 13.0. The molecule has 0 saturated carbocycles. The number of rotatable bonds is 14. The predicted octanol–water partition coefficient (Wildman–Crippen LogP) is -2.78. The standard InChI is InChI=1S/C20H33N5O9.C2H4O2/c1-11(27)22-14(10-26)18(31)24-13(9-16(28)29)17(30)23-12(5-2-3-7-21)19(32)25-8-4-6-15(25)20(33)34;1-2(3)4/h12-15,26H,2-10,21H2,1H3,(H,22,27)(H,23,30)(H,24,31)(H,28,29)(H,33,34);1H3,(H,3,4)/t12-,13+,14-,15-;/m0./s1. The molecule has 0 aromatic carbocycles. The van der Waals surface area contributed by atoms with Gasteiger partial charge in [-0.15, -0.1) is 0 Å². The molecule has 1 saturated heterocycles. The zero-order valence-electron chi connectivity index (χ0n) is 21.3. The van der Waals surface area contributed by atoms with Crippen LogP contribution in [0.3, 0.4) is 0 Å². The van der Waals surface area contributed by atoms with Crippen molar-refractivity contribution in [1.29, 1.82) is 0 Å². The number of carboxylic acids is 3. The van der Waals surface area contributed by atoms with Crippen molar-refractivity contribution in [2.75, 3.05) is 19.7 Å². The molecule has 1 aliphatic rings. The van der Waals surface area contributed by atoms with Gasteiger partial charge in [-0.25, -0.2) is 4.79 Å². The van der Waals surface area contributed by atoms with Crippen LogP contribution < -0.4 is 21.7 Å². The molecule has 1 heterocycles. The van der Waals surface area contributed by atoms with Crippen molar-refractivity contribution < 1.29 is 54.0 Å². The zero-order chi connectivity index (χ0) is 29.4. The van der Waals surface area contributed by atoms with Gasteiger partial charge < -0.3 is 47.0 Å². The number of hydrogen-bond acceptors (Lipinski definition) is 9. The predicted molar refractivity (Wildman–Crippen MR) is 129 cm³/mol. The molecule has 1 rings (SSSR count). The Kier molecular flexibility index (Phi) is 15.9. The molecule has 38 heavy (non-hydrogen) atoms. The first-order valence-electron chi connectivity index (χ1n) is 11.9. The van der Waals surface area contributed by atoms with Crippen LogP contribution in [0.5, 0.6) is 0 Å². The lowest BCUT2D eigenvalue weighted by atomic mass is 10.1. The summed E-state index contributed by atoms with van der Waals surface area (Å²) in [4.78, 5) is 82.4. The Balaban J connectivity index is 0.00000318. The van der Waals surface area contributed by atoms with E-state index in [1.807, 2.05) is 0 Å². The number of carboxylic acid groups (broad SMARTS) is 3. The van der Waals surface area contributed by atoms with Crippen LogP contribution in [0.2, 0.25) is 0 Å². The van der Waals surface area contributed by atoms with Crippen LogP contribution in [0.15, 0.2) is 0 Å². The van der Waals surface area contributed by atoms with Gasteiger partial charge in [0.05, 0.1) is 13.0 Å². The van der Waals surface area contributed by atoms with Crippen molar-refractivity contribution in [2.45, 2.75) is 76.5 Å². The molecule has 16 heteroatoms. The van der Waals surface area contributed by atoms with Crippen LogP contribution in [-0.4, -0.2) is 111 Å². The number of nitrogens with zero attached hydrogens (tertiary/aromatic N) is 1. The molecule has 0 unspecified atom stereocenters. The van der Waals surface area contributed by atoms with Gasteiger partial charge in [-0.1, -0.05) is 0 Å². The highest BCUT2D eigenvalue weighted by molar-refractivity contribution is 5.96. The van der Waals surface area contributed by atoms with E-state index in [-0.39, 0.29) is 19.4 Å². The molecule has 1 fully saturated rings. The Morgan fingerprint density at radius 3 is 1.92 bits per heavy atom. The maximum Gasteiger partial charge on any atom is 0.326 e. The molecule has 4 amide bonds. The maximum atomic E-state index is 13.1. The minimum absolute atomic E-state index is 0.128. The monoisotopic (exact) mass is 547 g/mol. The second-order valence-corrected chi connectivity index (χ2v) is 8.49. The highest BCUT2D eigenvalue weighted by atomic mass is 16.4. The van der Waals surface area contributed by atoms with Gasteiger partial charge in [0.1, 0.15) is 24.2 Å². The van der Waals surface area contributed by atoms with E-state index in [0.717, 1.165) is 13.8 Å². The summed E-state index contributed by atoms with van der Waals surface area (Å²) in [6.07, 6.45) is 1.02. The summed E-state index contributed by atoms with van der Waals surface area (Å²) in [5.41, 5.74) is 5.49. The van der Waals surface area contributed by atoms with Gasteiger partial charge in [-0.05, 0) is 38.6 Å². The summed E-state index contributed by atoms with van der Waals surface area (Å²) in [6.45, 7) is 1.93. The van der Waals surface area contributed by atoms with E-state index < -0.39 is 78.7 Å². The van der Waals surface area contributed by atoms with E-state index in [4.69, 9.17) is 20.7 Å². The smallest absolute Gasteiger partial charge is 0.326 e. The number of aliphatic hydroxyl groups is 1. The van der Waals surface area contributed by atoms with Crippen molar-refractivity contribution in [2.24, 2.45) is 5.73 Å². The number of carbonyl (C=O) groups is 7. The van der Waals surface area contributed by atoms with E-state index in [1.165, 1.54) is 4.90 Å². The topological polar surface area (TPSA) is 266 Å². The van der Waals surface area contributed by atoms with Gasteiger partial charge in [0.25, 0.3) is 5.97 Å². The minimum Gasteiger partial charge on any atom is -0.481 e. The van der Waals surface area contributed by atoms with Gasteiger partial charge in [0.2, 0.25) is 23.6 Å². The quantitative estimate of drug-likeness (QED) is 0.103. The second kappa shape index (κ2) is 17.6. The van der Waals surface area contributed by atoms with Crippen LogP contribution in [0, 0.1) is 0 Å². The molecule has 1 aliphatic heterocycles. The van der Waals surface area contributed by atoms with Crippen molar-refractivity contribution >= 4 is 41.5 Å². The van der Waals surface area contributed by atoms with Crippen molar-refractivity contribution in [3.63, 3.8) is 0 Å². The molecule has 9 N–H and O–H groups in total. The number of aliphatic carboxylic acids is 3. The number of unbranched alkanes of at least 4 members (excludes halogenated alkanes) is 1. The molecule has 4 atom stereocenters. The van der Waals surface area contributed by atoms with Crippen molar-refractivity contribution in [3.8, 4) is 0 Å². The summed E-state index contributed by atoms with van der Waals surface area (Å²) < 4.78 is 0. The first-order chi connectivity index (χ1) is 17.7. The number of hydrogen-bond donors (Lipinski definition) is 8. The summed E-state index contributed by atoms with van der Waals surface area (Å²) >= 11 is 0. The first-order valence-corrected chi connectivity index (χ1v) is 11.9. The molecule has 0 aromatic rings. The lowest BCUT2D eigenvalue weighted by molar-refractivity contribution is -0.149. The average molecular weight is 548 g/mol. The van der Waals surface area contributed by atoms with Crippen LogP contribution in [-0.2, 0) is 33.6 Å². The van der Waals surface area contributed by atoms with Crippen LogP contribution >= 0.6 is 0 Å². The van der Waals surface area contributed by atoms with Crippen molar-refractivity contribution in [3.05, 3.63) is 0 Å². The summed E-state index contributed by atoms with van der Waals surface area (Å²) in [5.74, 6) is -6.64. The number of aliphatic hydroxyl groups excluding tert-OH is 1. The molecule has 0 aromatic heterocycles. The molecule has 0 radical (unpaired) electrons. The summed E-state index contributed by atoms with van der Waals surface area (Å²) in [6, 6.07) is -5.22. The third-order valence-corrected chi connectivity index (χ3v) is 5.27. The Hall–Kier alpha value is -3.79. The van der Waals surface area contributed by atoms with Crippen molar-refractivity contribution in [1.82, 2.24) is 20.9 Å². The third-order valence-electron chi connectivity index (χ3n) is 5.27. The lowest BCUT2D eigenvalue weighted by Crippen LogP contribution is -2.58. The average Bonchev–Trinajstić information content (AvgIpc) is 3.30. The van der Waals surface area contributed by atoms with Crippen LogP contribution in [0.1, 0.15) is 52.4 Å². The van der Waals surface area contributed by atoms with Gasteiger partial charge in [-0.3, -0.25) is 28.8 Å². The SMILES string of the molecule is CC(=O)N[C@@H](CO)C(=O)N[C@H](CC(=O)O)C(=O)N[C@@H](CCCCN)C(=O)N1CCC[C@H]1C(=O)O.CC(=O)O. The van der Waals surface area contributed by atoms with Gasteiger partial charge >= 0.3 is 11.9 Å². The van der Waals surface area contributed by atoms with Gasteiger partial charge in [0.15, 0.2) is 0 Å². The van der Waals surface area contributed by atoms with E-state index in [2.05, 4.69) is 16.0 Å². The number of carbonyl (C=O) groups excluding carboxylic acids is 4. The van der Waals surface area contributed by atoms with E-state index in [0.29, 0.717) is 25.8 Å². The highest BCUT2D eigenvalue weighted by Gasteiger charge is 2.38. The molecule has 0 aliphatic carbocycles. The molecular formula is C22H37N5O11. The van der Waals surface area contributed by atoms with Gasteiger partial charge in [0, 0.05) is 20.4 Å². The minimum atomic E-state index is -1.62. The number of likely N-dealkylation sites (tertiary alicyclic amines) is 1. The normalized spacial score (nSPS) is 16.6. The molecule has 0 bridgehead atoms. The van der Waals surface area contributed by atoms with Gasteiger partial charge in [-0.2, -0.15) is 0 Å². The Labute approximate surface area is 218 Å². The highest BCUT2D eigenvalue weighted by Crippen LogP contribution is 2.20. The number of amides is 4. The van der Waals surface area contributed by atoms with E-state index in [9.17, 15) is 39.0 Å². The fourth-order valence-corrected chi connectivity index (χ4v) is 3.61. The largest absolute Gasteiger partial charge is 0.481 e. The lowest BCUT2D eigenvalue weighted by Gasteiger charge is -2.29. The van der Waals surface area contributed by atoms with E-state index >= 15 is 0 Å². The Bertz CT molecular complexity index is 863. The first kappa shape index (κ1) is 34.2. The molecular weight excluding hydrogens is 510 g/mol. The zero-order valence-corrected chi connectivity index (χ0v) is 21.3. The summed E-state index contributed by atoms with van der Waals surface area (Å²) in [5, 5.41) is 42.0. The number of nitrogens with one attached hydrogen (secondary N) is 3.